The predicted molar refractivity (Wildman–Crippen MR) is 41.6 cm³/mol. The van der Waals surface area contributed by atoms with Gasteiger partial charge in [-0.15, -0.1) is 0 Å². The Balaban J connectivity index is 2.74. The van der Waals surface area contributed by atoms with Gasteiger partial charge in [-0.2, -0.15) is 0 Å². The van der Waals surface area contributed by atoms with E-state index in [4.69, 9.17) is 0 Å². The molecule has 3 heteroatoms. The van der Waals surface area contributed by atoms with Crippen LogP contribution in [-0.4, -0.2) is 18.9 Å². The summed E-state index contributed by atoms with van der Waals surface area (Å²) < 4.78 is 22.4. The first kappa shape index (κ1) is 8.05. The van der Waals surface area contributed by atoms with Crippen LogP contribution in [-0.2, 0) is 9.84 Å². The Labute approximate surface area is 62.5 Å². The Hall–Kier alpha value is -0.0500. The molecule has 1 aliphatic rings. The maximum atomic E-state index is 11.2. The molecule has 0 aliphatic carbocycles. The molecule has 0 spiro atoms. The lowest BCUT2D eigenvalue weighted by Crippen LogP contribution is -2.46. The predicted octanol–water partition coefficient (Wildman–Crippen LogP) is 1.22. The first-order chi connectivity index (χ1) is 4.46. The summed E-state index contributed by atoms with van der Waals surface area (Å²) >= 11 is 0. The SMILES string of the molecule is CC(C)C1CC(C)S1(=O)=O. The summed E-state index contributed by atoms with van der Waals surface area (Å²) in [5.41, 5.74) is 0. The molecule has 0 bridgehead atoms. The van der Waals surface area contributed by atoms with Gasteiger partial charge in [0.1, 0.15) is 0 Å². The van der Waals surface area contributed by atoms with Crippen LogP contribution in [0.15, 0.2) is 0 Å². The molecule has 1 saturated heterocycles. The average molecular weight is 162 g/mol. The average Bonchev–Trinajstić information content (AvgIpc) is 1.82. The van der Waals surface area contributed by atoms with Crippen molar-refractivity contribution in [3.8, 4) is 0 Å². The molecule has 0 aromatic heterocycles. The normalized spacial score (nSPS) is 37.6. The maximum absolute atomic E-state index is 11.2. The number of hydrogen-bond donors (Lipinski definition) is 0. The van der Waals surface area contributed by atoms with Crippen LogP contribution in [0.3, 0.4) is 0 Å². The minimum absolute atomic E-state index is 0.0532. The maximum Gasteiger partial charge on any atom is 0.156 e. The van der Waals surface area contributed by atoms with Crippen molar-refractivity contribution < 1.29 is 8.42 Å². The van der Waals surface area contributed by atoms with E-state index in [1.54, 1.807) is 6.92 Å². The molecule has 0 amide bonds. The molecule has 0 radical (unpaired) electrons. The topological polar surface area (TPSA) is 34.1 Å². The molecule has 0 saturated carbocycles. The van der Waals surface area contributed by atoms with E-state index in [-0.39, 0.29) is 10.5 Å². The molecule has 0 N–H and O–H groups in total. The van der Waals surface area contributed by atoms with Gasteiger partial charge >= 0.3 is 0 Å². The molecule has 2 unspecified atom stereocenters. The van der Waals surface area contributed by atoms with Crippen molar-refractivity contribution in [1.29, 1.82) is 0 Å². The fourth-order valence-corrected chi connectivity index (χ4v) is 3.45. The Morgan fingerprint density at radius 3 is 2.00 bits per heavy atom. The molecular weight excluding hydrogens is 148 g/mol. The molecule has 60 valence electrons. The van der Waals surface area contributed by atoms with Crippen LogP contribution in [0, 0.1) is 5.92 Å². The van der Waals surface area contributed by atoms with Gasteiger partial charge in [-0.3, -0.25) is 0 Å². The summed E-state index contributed by atoms with van der Waals surface area (Å²) in [6.45, 7) is 5.72. The van der Waals surface area contributed by atoms with Crippen LogP contribution >= 0.6 is 0 Å². The highest BCUT2D eigenvalue weighted by Crippen LogP contribution is 2.33. The summed E-state index contributed by atoms with van der Waals surface area (Å²) in [4.78, 5) is 0. The lowest BCUT2D eigenvalue weighted by molar-refractivity contribution is 0.454. The van der Waals surface area contributed by atoms with E-state index in [2.05, 4.69) is 0 Å². The molecule has 1 heterocycles. The Bertz CT molecular complexity index is 216. The Morgan fingerprint density at radius 1 is 1.40 bits per heavy atom. The van der Waals surface area contributed by atoms with E-state index in [1.807, 2.05) is 13.8 Å². The summed E-state index contributed by atoms with van der Waals surface area (Å²) in [7, 11) is -2.70. The zero-order valence-electron chi connectivity index (χ0n) is 6.66. The Kier molecular flexibility index (Phi) is 1.79. The van der Waals surface area contributed by atoms with Crippen molar-refractivity contribution in [2.75, 3.05) is 0 Å². The van der Waals surface area contributed by atoms with Gasteiger partial charge in [0.05, 0.1) is 10.5 Å². The zero-order valence-corrected chi connectivity index (χ0v) is 7.48. The molecule has 1 fully saturated rings. The molecule has 0 aromatic rings. The van der Waals surface area contributed by atoms with Crippen LogP contribution < -0.4 is 0 Å². The molecule has 1 aliphatic heterocycles. The van der Waals surface area contributed by atoms with Crippen molar-refractivity contribution in [3.05, 3.63) is 0 Å². The molecular formula is C7H14O2S. The second-order valence-electron chi connectivity index (χ2n) is 3.42. The quantitative estimate of drug-likeness (QED) is 0.581. The van der Waals surface area contributed by atoms with E-state index in [0.717, 1.165) is 6.42 Å². The highest BCUT2D eigenvalue weighted by Gasteiger charge is 2.44. The Morgan fingerprint density at radius 2 is 1.90 bits per heavy atom. The summed E-state index contributed by atoms with van der Waals surface area (Å²) in [6.07, 6.45) is 0.861. The van der Waals surface area contributed by atoms with E-state index in [0.29, 0.717) is 5.92 Å². The number of hydrogen-bond acceptors (Lipinski definition) is 2. The zero-order chi connectivity index (χ0) is 7.94. The summed E-state index contributed by atoms with van der Waals surface area (Å²) in [5.74, 6) is 0.293. The van der Waals surface area contributed by atoms with Crippen molar-refractivity contribution >= 4 is 9.84 Å². The third kappa shape index (κ3) is 0.965. The van der Waals surface area contributed by atoms with E-state index < -0.39 is 9.84 Å². The lowest BCUT2D eigenvalue weighted by atomic mass is 10.1. The first-order valence-electron chi connectivity index (χ1n) is 3.69. The monoisotopic (exact) mass is 162 g/mol. The van der Waals surface area contributed by atoms with Gasteiger partial charge < -0.3 is 0 Å². The van der Waals surface area contributed by atoms with Gasteiger partial charge in [-0.25, -0.2) is 8.42 Å². The highest BCUT2D eigenvalue weighted by molar-refractivity contribution is 7.94. The van der Waals surface area contributed by atoms with E-state index in [9.17, 15) is 8.42 Å². The minimum Gasteiger partial charge on any atom is -0.228 e. The van der Waals surface area contributed by atoms with Gasteiger partial charge in [0.2, 0.25) is 0 Å². The van der Waals surface area contributed by atoms with Crippen molar-refractivity contribution in [3.63, 3.8) is 0 Å². The third-order valence-corrected chi connectivity index (χ3v) is 5.19. The largest absolute Gasteiger partial charge is 0.228 e. The van der Waals surface area contributed by atoms with Gasteiger partial charge in [0.15, 0.2) is 9.84 Å². The van der Waals surface area contributed by atoms with Gasteiger partial charge in [-0.05, 0) is 19.3 Å². The fourth-order valence-electron chi connectivity index (χ4n) is 1.42. The second kappa shape index (κ2) is 2.22. The molecule has 2 nitrogen and oxygen atoms in total. The summed E-state index contributed by atoms with van der Waals surface area (Å²) in [6, 6.07) is 0. The van der Waals surface area contributed by atoms with Crippen molar-refractivity contribution in [1.82, 2.24) is 0 Å². The highest BCUT2D eigenvalue weighted by atomic mass is 32.2. The van der Waals surface area contributed by atoms with Gasteiger partial charge in [0.25, 0.3) is 0 Å². The lowest BCUT2D eigenvalue weighted by Gasteiger charge is -2.35. The van der Waals surface area contributed by atoms with E-state index in [1.165, 1.54) is 0 Å². The van der Waals surface area contributed by atoms with E-state index >= 15 is 0 Å². The standard InChI is InChI=1S/C7H14O2S/c1-5(2)7-4-6(3)10(7,8)9/h5-7H,4H2,1-3H3. The van der Waals surface area contributed by atoms with Crippen LogP contribution in [0.5, 0.6) is 0 Å². The van der Waals surface area contributed by atoms with Crippen molar-refractivity contribution in [2.45, 2.75) is 37.7 Å². The number of sulfone groups is 1. The van der Waals surface area contributed by atoms with Crippen molar-refractivity contribution in [2.24, 2.45) is 5.92 Å². The minimum atomic E-state index is -2.70. The smallest absolute Gasteiger partial charge is 0.156 e. The first-order valence-corrected chi connectivity index (χ1v) is 5.30. The van der Waals surface area contributed by atoms with Crippen LogP contribution in [0.1, 0.15) is 27.2 Å². The van der Waals surface area contributed by atoms with Crippen LogP contribution in [0.2, 0.25) is 0 Å². The number of rotatable bonds is 1. The molecule has 2 atom stereocenters. The van der Waals surface area contributed by atoms with Gasteiger partial charge in [0, 0.05) is 0 Å². The van der Waals surface area contributed by atoms with Crippen LogP contribution in [0.25, 0.3) is 0 Å². The molecule has 10 heavy (non-hydrogen) atoms. The summed E-state index contributed by atoms with van der Waals surface area (Å²) in [5, 5.41) is -0.137. The van der Waals surface area contributed by atoms with Gasteiger partial charge in [-0.1, -0.05) is 13.8 Å². The second-order valence-corrected chi connectivity index (χ2v) is 6.01. The van der Waals surface area contributed by atoms with Crippen LogP contribution in [0.4, 0.5) is 0 Å². The fraction of sp³-hybridized carbons (Fsp3) is 1.00. The third-order valence-electron chi connectivity index (χ3n) is 2.29. The molecule has 1 rings (SSSR count). The molecule has 0 aromatic carbocycles.